The topological polar surface area (TPSA) is 38.0 Å². The maximum absolute atomic E-state index is 6.07. The highest BCUT2D eigenvalue weighted by atomic mass is 35.5. The van der Waals surface area contributed by atoms with E-state index in [1.54, 1.807) is 0 Å². The molecule has 0 heterocycles. The first kappa shape index (κ1) is 13.9. The molecule has 3 unspecified atom stereocenters. The minimum atomic E-state index is 0.217. The molecule has 1 saturated carbocycles. The molecular weight excluding hydrogens is 244 g/mol. The maximum atomic E-state index is 6.07. The van der Waals surface area contributed by atoms with E-state index in [2.05, 4.69) is 25.3 Å². The van der Waals surface area contributed by atoms with Crippen LogP contribution in [0.25, 0.3) is 0 Å². The lowest BCUT2D eigenvalue weighted by atomic mass is 9.72. The van der Waals surface area contributed by atoms with Gasteiger partial charge in [0.2, 0.25) is 0 Å². The lowest BCUT2D eigenvalue weighted by molar-refractivity contribution is 0.177. The zero-order valence-corrected chi connectivity index (χ0v) is 12.0. The summed E-state index contributed by atoms with van der Waals surface area (Å²) in [6, 6.07) is 8.26. The van der Waals surface area contributed by atoms with Crippen molar-refractivity contribution in [2.45, 2.75) is 39.2 Å². The van der Waals surface area contributed by atoms with Gasteiger partial charge < -0.3 is 0 Å². The van der Waals surface area contributed by atoms with Crippen molar-refractivity contribution in [1.82, 2.24) is 5.43 Å². The zero-order chi connectivity index (χ0) is 13.1. The maximum Gasteiger partial charge on any atom is 0.0488 e. The fourth-order valence-corrected chi connectivity index (χ4v) is 3.68. The van der Waals surface area contributed by atoms with Gasteiger partial charge in [-0.25, -0.2) is 0 Å². The Labute approximate surface area is 115 Å². The number of benzene rings is 1. The van der Waals surface area contributed by atoms with Gasteiger partial charge in [-0.2, -0.15) is 0 Å². The number of nitrogens with one attached hydrogen (secondary N) is 1. The predicted octanol–water partition coefficient (Wildman–Crippen LogP) is 3.92. The van der Waals surface area contributed by atoms with Crippen LogP contribution in [-0.2, 0) is 0 Å². The minimum Gasteiger partial charge on any atom is -0.271 e. The summed E-state index contributed by atoms with van der Waals surface area (Å²) in [4.78, 5) is 0. The van der Waals surface area contributed by atoms with Crippen molar-refractivity contribution in [3.63, 3.8) is 0 Å². The lowest BCUT2D eigenvalue weighted by Crippen LogP contribution is -2.37. The van der Waals surface area contributed by atoms with E-state index >= 15 is 0 Å². The minimum absolute atomic E-state index is 0.217. The third kappa shape index (κ3) is 3.25. The van der Waals surface area contributed by atoms with Crippen molar-refractivity contribution in [2.24, 2.45) is 23.6 Å². The fraction of sp³-hybridized carbons (Fsp3) is 0.600. The van der Waals surface area contributed by atoms with Crippen molar-refractivity contribution < 1.29 is 0 Å². The van der Waals surface area contributed by atoms with Crippen molar-refractivity contribution in [3.05, 3.63) is 34.9 Å². The van der Waals surface area contributed by atoms with E-state index in [-0.39, 0.29) is 6.04 Å². The average Bonchev–Trinajstić information content (AvgIpc) is 2.28. The summed E-state index contributed by atoms with van der Waals surface area (Å²) in [6.45, 7) is 4.68. The van der Waals surface area contributed by atoms with E-state index in [0.29, 0.717) is 5.92 Å². The number of hydrogen-bond donors (Lipinski definition) is 2. The molecule has 0 spiro atoms. The zero-order valence-electron chi connectivity index (χ0n) is 11.2. The predicted molar refractivity (Wildman–Crippen MR) is 77.2 cm³/mol. The SMILES string of the molecule is CC1CC(C)CC(C(NN)c2cccc(Cl)c2)C1. The second-order valence-electron chi connectivity index (χ2n) is 5.88. The molecule has 1 fully saturated rings. The molecule has 3 atom stereocenters. The summed E-state index contributed by atoms with van der Waals surface area (Å²) in [5, 5.41) is 0.782. The quantitative estimate of drug-likeness (QED) is 0.643. The highest BCUT2D eigenvalue weighted by Gasteiger charge is 2.30. The number of halogens is 1. The summed E-state index contributed by atoms with van der Waals surface area (Å²) in [5.74, 6) is 7.96. The van der Waals surface area contributed by atoms with Gasteiger partial charge in [-0.3, -0.25) is 11.3 Å². The van der Waals surface area contributed by atoms with Gasteiger partial charge in [0.15, 0.2) is 0 Å². The van der Waals surface area contributed by atoms with Crippen LogP contribution in [0.4, 0.5) is 0 Å². The Hall–Kier alpha value is -0.570. The number of nitrogens with two attached hydrogens (primary N) is 1. The van der Waals surface area contributed by atoms with E-state index in [0.717, 1.165) is 16.9 Å². The molecule has 2 nitrogen and oxygen atoms in total. The molecule has 0 radical (unpaired) electrons. The van der Waals surface area contributed by atoms with Crippen molar-refractivity contribution in [2.75, 3.05) is 0 Å². The van der Waals surface area contributed by atoms with Gasteiger partial charge in [0.1, 0.15) is 0 Å². The van der Waals surface area contributed by atoms with Gasteiger partial charge in [0, 0.05) is 11.1 Å². The number of hydrazine groups is 1. The fourth-order valence-electron chi connectivity index (χ4n) is 3.49. The van der Waals surface area contributed by atoms with E-state index in [1.807, 2.05) is 18.2 Å². The Morgan fingerprint density at radius 1 is 1.22 bits per heavy atom. The summed E-state index contributed by atoms with van der Waals surface area (Å²) >= 11 is 6.07. The van der Waals surface area contributed by atoms with Crippen LogP contribution in [0.15, 0.2) is 24.3 Å². The van der Waals surface area contributed by atoms with Crippen LogP contribution in [0.5, 0.6) is 0 Å². The summed E-state index contributed by atoms with van der Waals surface area (Å²) in [5.41, 5.74) is 4.20. The van der Waals surface area contributed by atoms with Gasteiger partial charge in [-0.1, -0.05) is 37.6 Å². The van der Waals surface area contributed by atoms with Crippen LogP contribution in [0.2, 0.25) is 5.02 Å². The Morgan fingerprint density at radius 2 is 1.89 bits per heavy atom. The number of rotatable bonds is 3. The second-order valence-corrected chi connectivity index (χ2v) is 6.31. The molecule has 3 heteroatoms. The summed E-state index contributed by atoms with van der Waals surface area (Å²) in [6.07, 6.45) is 3.82. The van der Waals surface area contributed by atoms with Crippen molar-refractivity contribution >= 4 is 11.6 Å². The van der Waals surface area contributed by atoms with Crippen LogP contribution < -0.4 is 11.3 Å². The molecule has 100 valence electrons. The first-order valence-electron chi connectivity index (χ1n) is 6.81. The molecular formula is C15H23ClN2. The molecule has 1 aromatic rings. The molecule has 0 saturated heterocycles. The number of hydrogen-bond acceptors (Lipinski definition) is 2. The lowest BCUT2D eigenvalue weighted by Gasteiger charge is -2.36. The highest BCUT2D eigenvalue weighted by Crippen LogP contribution is 2.39. The molecule has 1 aliphatic rings. The molecule has 3 N–H and O–H groups in total. The van der Waals surface area contributed by atoms with Crippen molar-refractivity contribution in [1.29, 1.82) is 0 Å². The summed E-state index contributed by atoms with van der Waals surface area (Å²) in [7, 11) is 0. The largest absolute Gasteiger partial charge is 0.271 e. The first-order chi connectivity index (χ1) is 8.60. The Bertz CT molecular complexity index is 384. The Morgan fingerprint density at radius 3 is 2.44 bits per heavy atom. The normalized spacial score (nSPS) is 30.1. The standard InChI is InChI=1S/C15H23ClN2/c1-10-6-11(2)8-13(7-10)15(18-17)12-4-3-5-14(16)9-12/h3-5,9-11,13,15,18H,6-8,17H2,1-2H3. The molecule has 18 heavy (non-hydrogen) atoms. The average molecular weight is 267 g/mol. The molecule has 2 rings (SSSR count). The Kier molecular flexibility index (Phi) is 4.66. The van der Waals surface area contributed by atoms with Gasteiger partial charge >= 0.3 is 0 Å². The van der Waals surface area contributed by atoms with Crippen LogP contribution in [0, 0.1) is 17.8 Å². The van der Waals surface area contributed by atoms with Crippen LogP contribution in [0.1, 0.15) is 44.7 Å². The molecule has 0 aromatic heterocycles. The van der Waals surface area contributed by atoms with E-state index < -0.39 is 0 Å². The van der Waals surface area contributed by atoms with E-state index in [9.17, 15) is 0 Å². The van der Waals surface area contributed by atoms with E-state index in [4.69, 9.17) is 17.4 Å². The molecule has 1 aliphatic carbocycles. The van der Waals surface area contributed by atoms with Crippen LogP contribution in [-0.4, -0.2) is 0 Å². The monoisotopic (exact) mass is 266 g/mol. The second kappa shape index (κ2) is 6.05. The third-order valence-electron chi connectivity index (χ3n) is 4.07. The molecule has 0 amide bonds. The van der Waals surface area contributed by atoms with E-state index in [1.165, 1.54) is 24.8 Å². The third-order valence-corrected chi connectivity index (χ3v) is 4.31. The van der Waals surface area contributed by atoms with Gasteiger partial charge in [0.05, 0.1) is 0 Å². The van der Waals surface area contributed by atoms with Crippen LogP contribution in [0.3, 0.4) is 0 Å². The molecule has 1 aromatic carbocycles. The molecule has 0 aliphatic heterocycles. The van der Waals surface area contributed by atoms with Crippen LogP contribution >= 0.6 is 11.6 Å². The molecule has 0 bridgehead atoms. The Balaban J connectivity index is 2.17. The first-order valence-corrected chi connectivity index (χ1v) is 7.19. The van der Waals surface area contributed by atoms with Crippen molar-refractivity contribution in [3.8, 4) is 0 Å². The van der Waals surface area contributed by atoms with Gasteiger partial charge in [-0.15, -0.1) is 0 Å². The smallest absolute Gasteiger partial charge is 0.0488 e. The van der Waals surface area contributed by atoms with Gasteiger partial charge in [0.25, 0.3) is 0 Å². The summed E-state index contributed by atoms with van der Waals surface area (Å²) < 4.78 is 0. The van der Waals surface area contributed by atoms with Gasteiger partial charge in [-0.05, 0) is 54.7 Å². The highest BCUT2D eigenvalue weighted by molar-refractivity contribution is 6.30.